The summed E-state index contributed by atoms with van der Waals surface area (Å²) < 4.78 is 2.66. The topological polar surface area (TPSA) is 50.9 Å². The summed E-state index contributed by atoms with van der Waals surface area (Å²) in [5.74, 6) is 0. The Balaban J connectivity index is 2.46. The number of benzene rings is 1. The van der Waals surface area contributed by atoms with Gasteiger partial charge in [-0.05, 0) is 31.5 Å². The Hall–Kier alpha value is -1.20. The number of rotatable bonds is 2. The molecule has 0 saturated carbocycles. The first-order valence-corrected chi connectivity index (χ1v) is 5.74. The number of hydrogen-bond acceptors (Lipinski definition) is 3. The average Bonchev–Trinajstić information content (AvgIpc) is 2.70. The van der Waals surface area contributed by atoms with Gasteiger partial charge in [-0.3, -0.25) is 0 Å². The van der Waals surface area contributed by atoms with Crippen LogP contribution < -0.4 is 0 Å². The third-order valence-corrected chi connectivity index (χ3v) is 2.85. The smallest absolute Gasteiger partial charge is 0.111 e. The molecule has 2 rings (SSSR count). The van der Waals surface area contributed by atoms with E-state index in [4.69, 9.17) is 0 Å². The molecule has 84 valence electrons. The van der Waals surface area contributed by atoms with Gasteiger partial charge in [-0.25, -0.2) is 4.68 Å². The molecular formula is C11H12BrN3O. The SMILES string of the molecule is Cc1ccc(Br)cc1-n1cc(C(C)O)nn1. The number of halogens is 1. The molecule has 1 aromatic heterocycles. The van der Waals surface area contributed by atoms with Crippen molar-refractivity contribution in [1.82, 2.24) is 15.0 Å². The second-order valence-corrected chi connectivity index (χ2v) is 4.61. The summed E-state index contributed by atoms with van der Waals surface area (Å²) in [6.07, 6.45) is 1.14. The van der Waals surface area contributed by atoms with Crippen LogP contribution in [0.25, 0.3) is 5.69 Å². The van der Waals surface area contributed by atoms with Crippen LogP contribution in [-0.2, 0) is 0 Å². The minimum absolute atomic E-state index is 0.569. The lowest BCUT2D eigenvalue weighted by molar-refractivity contribution is 0.194. The van der Waals surface area contributed by atoms with Crippen LogP contribution in [-0.4, -0.2) is 20.1 Å². The molecule has 16 heavy (non-hydrogen) atoms. The van der Waals surface area contributed by atoms with Gasteiger partial charge in [-0.1, -0.05) is 27.2 Å². The van der Waals surface area contributed by atoms with Crippen molar-refractivity contribution >= 4 is 15.9 Å². The van der Waals surface area contributed by atoms with Crippen molar-refractivity contribution in [2.45, 2.75) is 20.0 Å². The molecule has 0 aliphatic heterocycles. The van der Waals surface area contributed by atoms with E-state index in [2.05, 4.69) is 26.2 Å². The molecule has 1 unspecified atom stereocenters. The Morgan fingerprint density at radius 3 is 2.81 bits per heavy atom. The van der Waals surface area contributed by atoms with Gasteiger partial charge < -0.3 is 5.11 Å². The van der Waals surface area contributed by atoms with Crippen molar-refractivity contribution < 1.29 is 5.11 Å². The van der Waals surface area contributed by atoms with Gasteiger partial charge in [0.1, 0.15) is 5.69 Å². The van der Waals surface area contributed by atoms with Crippen molar-refractivity contribution in [2.75, 3.05) is 0 Å². The van der Waals surface area contributed by atoms with Gasteiger partial charge >= 0.3 is 0 Å². The molecule has 0 fully saturated rings. The number of nitrogens with zero attached hydrogens (tertiary/aromatic N) is 3. The zero-order valence-electron chi connectivity index (χ0n) is 9.05. The highest BCUT2D eigenvalue weighted by atomic mass is 79.9. The van der Waals surface area contributed by atoms with E-state index < -0.39 is 6.10 Å². The molecule has 0 aliphatic carbocycles. The molecule has 0 spiro atoms. The lowest BCUT2D eigenvalue weighted by atomic mass is 10.2. The molecule has 1 aromatic carbocycles. The summed E-state index contributed by atoms with van der Waals surface area (Å²) in [5.41, 5.74) is 2.62. The quantitative estimate of drug-likeness (QED) is 0.920. The molecule has 5 heteroatoms. The van der Waals surface area contributed by atoms with E-state index in [0.717, 1.165) is 15.7 Å². The fourth-order valence-corrected chi connectivity index (χ4v) is 1.76. The molecule has 1 N–H and O–H groups in total. The number of aliphatic hydroxyl groups is 1. The summed E-state index contributed by atoms with van der Waals surface area (Å²) in [6, 6.07) is 5.95. The minimum Gasteiger partial charge on any atom is -0.387 e. The van der Waals surface area contributed by atoms with Crippen molar-refractivity contribution in [3.63, 3.8) is 0 Å². The van der Waals surface area contributed by atoms with Crippen LogP contribution in [0.1, 0.15) is 24.3 Å². The molecule has 0 amide bonds. The highest BCUT2D eigenvalue weighted by Crippen LogP contribution is 2.20. The third-order valence-electron chi connectivity index (χ3n) is 2.36. The van der Waals surface area contributed by atoms with Crippen LogP contribution in [0.5, 0.6) is 0 Å². The lowest BCUT2D eigenvalue weighted by Gasteiger charge is -2.05. The normalized spacial score (nSPS) is 12.8. The third kappa shape index (κ3) is 2.15. The summed E-state index contributed by atoms with van der Waals surface area (Å²) >= 11 is 3.42. The first-order valence-electron chi connectivity index (χ1n) is 4.95. The Bertz CT molecular complexity index is 508. The molecule has 4 nitrogen and oxygen atoms in total. The molecule has 1 heterocycles. The maximum Gasteiger partial charge on any atom is 0.111 e. The Morgan fingerprint density at radius 1 is 1.44 bits per heavy atom. The molecular weight excluding hydrogens is 270 g/mol. The summed E-state index contributed by atoms with van der Waals surface area (Å²) in [5, 5.41) is 17.3. The van der Waals surface area contributed by atoms with Crippen LogP contribution in [0.2, 0.25) is 0 Å². The van der Waals surface area contributed by atoms with E-state index in [9.17, 15) is 5.11 Å². The predicted octanol–water partition coefficient (Wildman–Crippen LogP) is 2.39. The fourth-order valence-electron chi connectivity index (χ4n) is 1.42. The number of hydrogen-bond donors (Lipinski definition) is 1. The minimum atomic E-state index is -0.596. The molecule has 0 bridgehead atoms. The molecule has 0 radical (unpaired) electrons. The second-order valence-electron chi connectivity index (χ2n) is 3.69. The fraction of sp³-hybridized carbons (Fsp3) is 0.273. The van der Waals surface area contributed by atoms with E-state index in [0.29, 0.717) is 5.69 Å². The summed E-state index contributed by atoms with van der Waals surface area (Å²) in [6.45, 7) is 3.67. The maximum absolute atomic E-state index is 9.38. The Kier molecular flexibility index (Phi) is 3.07. The summed E-state index contributed by atoms with van der Waals surface area (Å²) in [7, 11) is 0. The van der Waals surface area contributed by atoms with Gasteiger partial charge in [0.15, 0.2) is 0 Å². The molecule has 1 atom stereocenters. The molecule has 2 aromatic rings. The standard InChI is InChI=1S/C11H12BrN3O/c1-7-3-4-9(12)5-11(7)15-6-10(8(2)16)13-14-15/h3-6,8,16H,1-2H3. The van der Waals surface area contributed by atoms with E-state index in [1.165, 1.54) is 0 Å². The number of aromatic nitrogens is 3. The van der Waals surface area contributed by atoms with Crippen LogP contribution in [0, 0.1) is 6.92 Å². The van der Waals surface area contributed by atoms with E-state index >= 15 is 0 Å². The zero-order valence-corrected chi connectivity index (χ0v) is 10.6. The Labute approximate surface area is 102 Å². The Morgan fingerprint density at radius 2 is 2.19 bits per heavy atom. The van der Waals surface area contributed by atoms with Crippen LogP contribution in [0.15, 0.2) is 28.9 Å². The van der Waals surface area contributed by atoms with E-state index in [-0.39, 0.29) is 0 Å². The van der Waals surface area contributed by atoms with Gasteiger partial charge in [-0.15, -0.1) is 5.10 Å². The molecule has 0 aliphatic rings. The van der Waals surface area contributed by atoms with E-state index in [1.807, 2.05) is 25.1 Å². The maximum atomic E-state index is 9.38. The first-order chi connectivity index (χ1) is 7.58. The monoisotopic (exact) mass is 281 g/mol. The highest BCUT2D eigenvalue weighted by molar-refractivity contribution is 9.10. The summed E-state index contributed by atoms with van der Waals surface area (Å²) in [4.78, 5) is 0. The largest absolute Gasteiger partial charge is 0.387 e. The highest BCUT2D eigenvalue weighted by Gasteiger charge is 2.09. The van der Waals surface area contributed by atoms with Crippen molar-refractivity contribution in [1.29, 1.82) is 0 Å². The lowest BCUT2D eigenvalue weighted by Crippen LogP contribution is -1.97. The first kappa shape index (κ1) is 11.3. The zero-order chi connectivity index (χ0) is 11.7. The number of aliphatic hydroxyl groups excluding tert-OH is 1. The van der Waals surface area contributed by atoms with Crippen LogP contribution in [0.3, 0.4) is 0 Å². The van der Waals surface area contributed by atoms with Crippen LogP contribution in [0.4, 0.5) is 0 Å². The van der Waals surface area contributed by atoms with Gasteiger partial charge in [0.05, 0.1) is 18.0 Å². The predicted molar refractivity (Wildman–Crippen MR) is 64.4 cm³/mol. The van der Waals surface area contributed by atoms with Gasteiger partial charge in [0.2, 0.25) is 0 Å². The van der Waals surface area contributed by atoms with Gasteiger partial charge in [-0.2, -0.15) is 0 Å². The van der Waals surface area contributed by atoms with Gasteiger partial charge in [0.25, 0.3) is 0 Å². The van der Waals surface area contributed by atoms with Crippen molar-refractivity contribution in [3.05, 3.63) is 40.1 Å². The number of aryl methyl sites for hydroxylation is 1. The van der Waals surface area contributed by atoms with Crippen LogP contribution >= 0.6 is 15.9 Å². The average molecular weight is 282 g/mol. The van der Waals surface area contributed by atoms with Crippen molar-refractivity contribution in [2.24, 2.45) is 0 Å². The van der Waals surface area contributed by atoms with Crippen molar-refractivity contribution in [3.8, 4) is 5.69 Å². The van der Waals surface area contributed by atoms with Gasteiger partial charge in [0, 0.05) is 4.47 Å². The van der Waals surface area contributed by atoms with E-state index in [1.54, 1.807) is 17.8 Å². The second kappa shape index (κ2) is 4.35. The molecule has 0 saturated heterocycles.